The number of aromatic nitrogens is 2. The van der Waals surface area contributed by atoms with Crippen molar-refractivity contribution in [3.05, 3.63) is 11.7 Å². The number of rotatable bonds is 3. The van der Waals surface area contributed by atoms with Crippen LogP contribution in [0, 0.1) is 0 Å². The van der Waals surface area contributed by atoms with Gasteiger partial charge < -0.3 is 19.5 Å². The molecule has 0 saturated carbocycles. The molecule has 0 aliphatic carbocycles. The molecule has 1 aromatic rings. The van der Waals surface area contributed by atoms with E-state index in [1.54, 1.807) is 7.11 Å². The van der Waals surface area contributed by atoms with Gasteiger partial charge in [-0.2, -0.15) is 4.98 Å². The minimum absolute atomic E-state index is 0.0987. The minimum atomic E-state index is -0.321. The topological polar surface area (TPSA) is 80.5 Å². The molecule has 0 unspecified atom stereocenters. The molecule has 7 heteroatoms. The highest BCUT2D eigenvalue weighted by molar-refractivity contribution is 5.74. The maximum absolute atomic E-state index is 12.5. The average Bonchev–Trinajstić information content (AvgIpc) is 2.93. The van der Waals surface area contributed by atoms with Crippen molar-refractivity contribution in [1.82, 2.24) is 20.4 Å². The van der Waals surface area contributed by atoms with Gasteiger partial charge in [0.05, 0.1) is 5.60 Å². The van der Waals surface area contributed by atoms with Crippen molar-refractivity contribution in [2.75, 3.05) is 20.2 Å². The molecule has 1 aromatic heterocycles. The Bertz CT molecular complexity index is 566. The number of carbonyl (C=O) groups excluding carboxylic acids is 1. The number of hydrogen-bond acceptors (Lipinski definition) is 5. The second kappa shape index (κ2) is 7.09. The van der Waals surface area contributed by atoms with Crippen molar-refractivity contribution in [2.45, 2.75) is 70.9 Å². The van der Waals surface area contributed by atoms with Crippen molar-refractivity contribution in [3.63, 3.8) is 0 Å². The van der Waals surface area contributed by atoms with Gasteiger partial charge in [-0.15, -0.1) is 0 Å². The first kappa shape index (κ1) is 18.7. The maximum Gasteiger partial charge on any atom is 0.318 e. The lowest BCUT2D eigenvalue weighted by molar-refractivity contribution is -0.00501. The van der Waals surface area contributed by atoms with Crippen LogP contribution in [-0.4, -0.2) is 46.9 Å². The van der Waals surface area contributed by atoms with E-state index in [1.165, 1.54) is 0 Å². The molecule has 2 heterocycles. The lowest BCUT2D eigenvalue weighted by Crippen LogP contribution is -2.42. The lowest BCUT2D eigenvalue weighted by Gasteiger charge is -2.27. The van der Waals surface area contributed by atoms with Gasteiger partial charge >= 0.3 is 6.03 Å². The molecule has 2 rings (SSSR count). The minimum Gasteiger partial charge on any atom is -0.378 e. The van der Waals surface area contributed by atoms with E-state index in [1.807, 2.05) is 32.6 Å². The molecule has 0 aromatic carbocycles. The van der Waals surface area contributed by atoms with Crippen LogP contribution in [0.25, 0.3) is 0 Å². The number of hydrogen-bond donors (Lipinski definition) is 1. The van der Waals surface area contributed by atoms with Gasteiger partial charge in [-0.25, -0.2) is 4.79 Å². The van der Waals surface area contributed by atoms with E-state index in [0.29, 0.717) is 18.3 Å². The zero-order chi connectivity index (χ0) is 18.0. The summed E-state index contributed by atoms with van der Waals surface area (Å²) in [7, 11) is 1.74. The second-order valence-corrected chi connectivity index (χ2v) is 7.87. The fraction of sp³-hybridized carbons (Fsp3) is 0.824. The Kier molecular flexibility index (Phi) is 5.52. The van der Waals surface area contributed by atoms with E-state index < -0.39 is 0 Å². The van der Waals surface area contributed by atoms with E-state index in [9.17, 15) is 4.79 Å². The molecule has 2 amide bonds. The highest BCUT2D eigenvalue weighted by Gasteiger charge is 2.30. The third-order valence-corrected chi connectivity index (χ3v) is 4.65. The van der Waals surface area contributed by atoms with Gasteiger partial charge in [0, 0.05) is 25.6 Å². The Morgan fingerprint density at radius 1 is 1.38 bits per heavy atom. The molecule has 1 aliphatic rings. The van der Waals surface area contributed by atoms with Gasteiger partial charge in [0.15, 0.2) is 5.82 Å². The summed E-state index contributed by atoms with van der Waals surface area (Å²) in [5.41, 5.74) is -0.324. The van der Waals surface area contributed by atoms with Crippen LogP contribution in [0.5, 0.6) is 0 Å². The highest BCUT2D eigenvalue weighted by Crippen LogP contribution is 2.25. The number of nitrogens with zero attached hydrogens (tertiary/aromatic N) is 3. The van der Waals surface area contributed by atoms with Crippen LogP contribution >= 0.6 is 0 Å². The quantitative estimate of drug-likeness (QED) is 0.916. The fourth-order valence-corrected chi connectivity index (χ4v) is 2.71. The van der Waals surface area contributed by atoms with Crippen molar-refractivity contribution < 1.29 is 14.1 Å². The van der Waals surface area contributed by atoms with Gasteiger partial charge in [0.1, 0.15) is 6.04 Å². The molecule has 24 heavy (non-hydrogen) atoms. The Morgan fingerprint density at radius 2 is 2.08 bits per heavy atom. The van der Waals surface area contributed by atoms with Gasteiger partial charge in [0.2, 0.25) is 5.89 Å². The van der Waals surface area contributed by atoms with Crippen molar-refractivity contribution in [1.29, 1.82) is 0 Å². The summed E-state index contributed by atoms with van der Waals surface area (Å²) in [5.74, 6) is 1.08. The van der Waals surface area contributed by atoms with Crippen LogP contribution in [0.2, 0.25) is 0 Å². The molecule has 0 bridgehead atoms. The fourth-order valence-electron chi connectivity index (χ4n) is 2.71. The van der Waals surface area contributed by atoms with Gasteiger partial charge in [-0.05, 0) is 33.1 Å². The summed E-state index contributed by atoms with van der Waals surface area (Å²) >= 11 is 0. The molecule has 7 nitrogen and oxygen atoms in total. The molecule has 0 radical (unpaired) electrons. The molecule has 0 spiro atoms. The summed E-state index contributed by atoms with van der Waals surface area (Å²) in [5, 5.41) is 6.96. The molecular weight excluding hydrogens is 308 g/mol. The molecule has 136 valence electrons. The first-order valence-corrected chi connectivity index (χ1v) is 8.59. The second-order valence-electron chi connectivity index (χ2n) is 7.87. The van der Waals surface area contributed by atoms with Crippen molar-refractivity contribution >= 4 is 6.03 Å². The molecule has 1 saturated heterocycles. The highest BCUT2D eigenvalue weighted by atomic mass is 16.5. The predicted molar refractivity (Wildman–Crippen MR) is 90.8 cm³/mol. The standard InChI is InChI=1S/C17H30N4O3/c1-12(13-19-14(20-24-13)16(2,3)4)18-15(22)21-10-7-8-17(5,23-6)9-11-21/h12H,7-11H2,1-6H3,(H,18,22)/t12-,17-/m0/s1. The van der Waals surface area contributed by atoms with E-state index >= 15 is 0 Å². The van der Waals surface area contributed by atoms with Crippen LogP contribution < -0.4 is 5.32 Å². The summed E-state index contributed by atoms with van der Waals surface area (Å²) in [6.45, 7) is 11.4. The van der Waals surface area contributed by atoms with Crippen LogP contribution in [0.1, 0.15) is 71.6 Å². The first-order chi connectivity index (χ1) is 11.1. The number of ether oxygens (including phenoxy) is 1. The number of likely N-dealkylation sites (tertiary alicyclic amines) is 1. The predicted octanol–water partition coefficient (Wildman–Crippen LogP) is 3.03. The van der Waals surface area contributed by atoms with Crippen molar-refractivity contribution in [2.24, 2.45) is 0 Å². The monoisotopic (exact) mass is 338 g/mol. The van der Waals surface area contributed by atoms with E-state index in [2.05, 4.69) is 22.4 Å². The Morgan fingerprint density at radius 3 is 2.67 bits per heavy atom. The van der Waals surface area contributed by atoms with Gasteiger partial charge in [-0.3, -0.25) is 0 Å². The largest absolute Gasteiger partial charge is 0.378 e. The average molecular weight is 338 g/mol. The number of amides is 2. The van der Waals surface area contributed by atoms with E-state index in [0.717, 1.165) is 25.8 Å². The van der Waals surface area contributed by atoms with E-state index in [-0.39, 0.29) is 23.1 Å². The summed E-state index contributed by atoms with van der Waals surface area (Å²) in [4.78, 5) is 18.8. The third-order valence-electron chi connectivity index (χ3n) is 4.65. The number of carbonyl (C=O) groups is 1. The maximum atomic E-state index is 12.5. The van der Waals surface area contributed by atoms with Crippen LogP contribution in [0.4, 0.5) is 4.79 Å². The normalized spacial score (nSPS) is 23.7. The molecule has 1 fully saturated rings. The number of nitrogens with one attached hydrogen (secondary N) is 1. The zero-order valence-electron chi connectivity index (χ0n) is 15.7. The van der Waals surface area contributed by atoms with E-state index in [4.69, 9.17) is 9.26 Å². The smallest absolute Gasteiger partial charge is 0.318 e. The molecule has 1 aliphatic heterocycles. The SMILES string of the molecule is CO[C@@]1(C)CCCN(C(=O)N[C@@H](C)c2nc(C(C)(C)C)no2)CC1. The van der Waals surface area contributed by atoms with Crippen LogP contribution in [0.3, 0.4) is 0 Å². The van der Waals surface area contributed by atoms with Gasteiger partial charge in [-0.1, -0.05) is 25.9 Å². The summed E-state index contributed by atoms with van der Waals surface area (Å²) < 4.78 is 10.9. The van der Waals surface area contributed by atoms with Gasteiger partial charge in [0.25, 0.3) is 0 Å². The Balaban J connectivity index is 1.95. The Labute approximate surface area is 144 Å². The number of urea groups is 1. The van der Waals surface area contributed by atoms with Crippen LogP contribution in [-0.2, 0) is 10.2 Å². The third kappa shape index (κ3) is 4.47. The first-order valence-electron chi connectivity index (χ1n) is 8.59. The zero-order valence-corrected chi connectivity index (χ0v) is 15.7. The molecule has 1 N–H and O–H groups in total. The van der Waals surface area contributed by atoms with Crippen LogP contribution in [0.15, 0.2) is 4.52 Å². The summed E-state index contributed by atoms with van der Waals surface area (Å²) in [6.07, 6.45) is 2.72. The van der Waals surface area contributed by atoms with Crippen molar-refractivity contribution in [3.8, 4) is 0 Å². The molecular formula is C17H30N4O3. The number of methoxy groups -OCH3 is 1. The summed E-state index contributed by atoms with van der Waals surface area (Å²) in [6, 6.07) is -0.420. The lowest BCUT2D eigenvalue weighted by atomic mass is 9.96. The Hall–Kier alpha value is -1.63. The molecule has 2 atom stereocenters.